The summed E-state index contributed by atoms with van der Waals surface area (Å²) in [5.74, 6) is -5.35. The number of halogens is 5. The first-order chi connectivity index (χ1) is 10.7. The third-order valence-electron chi connectivity index (χ3n) is 3.21. The molecule has 1 aromatic heterocycles. The van der Waals surface area contributed by atoms with Gasteiger partial charge >= 0.3 is 12.1 Å². The van der Waals surface area contributed by atoms with Gasteiger partial charge < -0.3 is 9.84 Å². The Hall–Kier alpha value is -2.52. The lowest BCUT2D eigenvalue weighted by atomic mass is 10.1. The Labute approximate surface area is 125 Å². The Bertz CT molecular complexity index is 739. The van der Waals surface area contributed by atoms with Gasteiger partial charge in [0.15, 0.2) is 0 Å². The molecule has 0 spiro atoms. The van der Waals surface area contributed by atoms with Crippen LogP contribution in [0.25, 0.3) is 11.4 Å². The minimum atomic E-state index is -4.75. The summed E-state index contributed by atoms with van der Waals surface area (Å²) < 4.78 is 66.6. The lowest BCUT2D eigenvalue weighted by Crippen LogP contribution is -2.29. The van der Waals surface area contributed by atoms with Crippen molar-refractivity contribution in [2.24, 2.45) is 0 Å². The summed E-state index contributed by atoms with van der Waals surface area (Å²) in [6.45, 7) is 0. The number of carbonyl (C=O) groups excluding carboxylic acids is 1. The van der Waals surface area contributed by atoms with Crippen LogP contribution in [0, 0.1) is 0 Å². The van der Waals surface area contributed by atoms with E-state index in [0.29, 0.717) is 0 Å². The van der Waals surface area contributed by atoms with Gasteiger partial charge in [-0.2, -0.15) is 18.2 Å². The average molecular weight is 333 g/mol. The maximum atomic E-state index is 12.7. The van der Waals surface area contributed by atoms with Crippen molar-refractivity contribution in [3.05, 3.63) is 35.7 Å². The van der Waals surface area contributed by atoms with Crippen molar-refractivity contribution in [3.63, 3.8) is 0 Å². The quantitative estimate of drug-likeness (QED) is 0.877. The Morgan fingerprint density at radius 3 is 2.35 bits per heavy atom. The minimum Gasteiger partial charge on any atom is -0.343 e. The average Bonchev–Trinajstić information content (AvgIpc) is 2.91. The number of rotatable bonds is 3. The molecule has 23 heavy (non-hydrogen) atoms. The lowest BCUT2D eigenvalue weighted by Gasteiger charge is -2.04. The molecule has 1 unspecified atom stereocenters. The molecule has 1 heterocycles. The van der Waals surface area contributed by atoms with Crippen molar-refractivity contribution in [1.29, 1.82) is 0 Å². The second kappa shape index (κ2) is 5.00. The first kappa shape index (κ1) is 15.4. The molecule has 0 radical (unpaired) electrons. The van der Waals surface area contributed by atoms with E-state index in [1.165, 1.54) is 24.3 Å². The Morgan fingerprint density at radius 1 is 1.26 bits per heavy atom. The zero-order valence-corrected chi connectivity index (χ0v) is 11.2. The molecule has 1 aliphatic carbocycles. The van der Waals surface area contributed by atoms with Crippen LogP contribution in [0.1, 0.15) is 22.7 Å². The highest BCUT2D eigenvalue weighted by atomic mass is 19.4. The van der Waals surface area contributed by atoms with Crippen molar-refractivity contribution < 1.29 is 31.3 Å². The Kier molecular flexibility index (Phi) is 3.34. The topological polar surface area (TPSA) is 68.0 Å². The number of alkyl halides is 5. The second-order valence-corrected chi connectivity index (χ2v) is 4.99. The molecule has 122 valence electrons. The third-order valence-corrected chi connectivity index (χ3v) is 3.21. The summed E-state index contributed by atoms with van der Waals surface area (Å²) in [5, 5.41) is 5.36. The van der Waals surface area contributed by atoms with Crippen LogP contribution >= 0.6 is 0 Å². The maximum absolute atomic E-state index is 12.7. The first-order valence-corrected chi connectivity index (χ1v) is 6.37. The number of hydrogen-bond donors (Lipinski definition) is 1. The van der Waals surface area contributed by atoms with Crippen LogP contribution in [-0.2, 0) is 6.18 Å². The first-order valence-electron chi connectivity index (χ1n) is 6.37. The van der Waals surface area contributed by atoms with E-state index in [-0.39, 0.29) is 17.0 Å². The lowest BCUT2D eigenvalue weighted by molar-refractivity contribution is -0.159. The largest absolute Gasteiger partial charge is 0.471 e. The van der Waals surface area contributed by atoms with Gasteiger partial charge in [-0.05, 0) is 12.1 Å². The standard InChI is InChI=1S/C13H8F5N3O2/c14-12(15)5-8(12)19-10(22)7-3-1-6(2-4-7)9-20-11(23-21-9)13(16,17)18/h1-4,8H,5H2,(H,19,22). The number of aromatic nitrogens is 2. The van der Waals surface area contributed by atoms with Crippen molar-refractivity contribution in [2.75, 3.05) is 0 Å². The van der Waals surface area contributed by atoms with Crippen LogP contribution in [0.3, 0.4) is 0 Å². The van der Waals surface area contributed by atoms with Crippen molar-refractivity contribution in [3.8, 4) is 11.4 Å². The van der Waals surface area contributed by atoms with Crippen LogP contribution in [0.5, 0.6) is 0 Å². The van der Waals surface area contributed by atoms with Gasteiger partial charge in [0.1, 0.15) is 0 Å². The Morgan fingerprint density at radius 2 is 1.87 bits per heavy atom. The van der Waals surface area contributed by atoms with Crippen LogP contribution in [0.2, 0.25) is 0 Å². The normalized spacial score (nSPS) is 19.4. The number of carbonyl (C=O) groups is 1. The zero-order valence-electron chi connectivity index (χ0n) is 11.2. The Balaban J connectivity index is 1.72. The number of amides is 1. The van der Waals surface area contributed by atoms with Crippen LogP contribution in [0.15, 0.2) is 28.8 Å². The van der Waals surface area contributed by atoms with E-state index < -0.39 is 36.4 Å². The molecule has 1 fully saturated rings. The summed E-state index contributed by atoms with van der Waals surface area (Å²) >= 11 is 0. The molecule has 2 aromatic rings. The van der Waals surface area contributed by atoms with E-state index >= 15 is 0 Å². The van der Waals surface area contributed by atoms with Gasteiger partial charge in [-0.3, -0.25) is 4.79 Å². The van der Waals surface area contributed by atoms with E-state index in [4.69, 9.17) is 0 Å². The number of nitrogens with zero attached hydrogens (tertiary/aromatic N) is 2. The molecule has 1 N–H and O–H groups in total. The van der Waals surface area contributed by atoms with Gasteiger partial charge in [0.05, 0.1) is 6.04 Å². The van der Waals surface area contributed by atoms with E-state index in [1.54, 1.807) is 0 Å². The smallest absolute Gasteiger partial charge is 0.343 e. The summed E-state index contributed by atoms with van der Waals surface area (Å²) in [6, 6.07) is 3.96. The molecule has 10 heteroatoms. The highest BCUT2D eigenvalue weighted by molar-refractivity contribution is 5.95. The highest BCUT2D eigenvalue weighted by Gasteiger charge is 2.57. The molecule has 1 atom stereocenters. The zero-order chi connectivity index (χ0) is 16.8. The van der Waals surface area contributed by atoms with E-state index in [0.717, 1.165) is 0 Å². The predicted octanol–water partition coefficient (Wildman–Crippen LogP) is 2.89. The summed E-state index contributed by atoms with van der Waals surface area (Å²) in [4.78, 5) is 14.9. The molecule has 0 saturated heterocycles. The fourth-order valence-electron chi connectivity index (χ4n) is 1.84. The SMILES string of the molecule is O=C(NC1CC1(F)F)c1ccc(-c2noc(C(F)(F)F)n2)cc1. The summed E-state index contributed by atoms with van der Waals surface area (Å²) in [6.07, 6.45) is -5.15. The molecular weight excluding hydrogens is 325 g/mol. The van der Waals surface area contributed by atoms with Crippen LogP contribution in [0.4, 0.5) is 22.0 Å². The molecule has 5 nitrogen and oxygen atoms in total. The molecule has 0 aliphatic heterocycles. The third kappa shape index (κ3) is 3.15. The molecular formula is C13H8F5N3O2. The maximum Gasteiger partial charge on any atom is 0.471 e. The van der Waals surface area contributed by atoms with Gasteiger partial charge in [0.25, 0.3) is 11.8 Å². The molecule has 3 rings (SSSR count). The van der Waals surface area contributed by atoms with Crippen LogP contribution < -0.4 is 5.32 Å². The van der Waals surface area contributed by atoms with Gasteiger partial charge in [-0.1, -0.05) is 17.3 Å². The van der Waals surface area contributed by atoms with Gasteiger partial charge in [-0.25, -0.2) is 8.78 Å². The van der Waals surface area contributed by atoms with Gasteiger partial charge in [-0.15, -0.1) is 0 Å². The fourth-order valence-corrected chi connectivity index (χ4v) is 1.84. The highest BCUT2D eigenvalue weighted by Crippen LogP contribution is 2.41. The molecule has 1 saturated carbocycles. The molecule has 1 amide bonds. The van der Waals surface area contributed by atoms with Crippen molar-refractivity contribution in [1.82, 2.24) is 15.5 Å². The number of hydrogen-bond acceptors (Lipinski definition) is 4. The van der Waals surface area contributed by atoms with Gasteiger partial charge in [0.2, 0.25) is 5.82 Å². The van der Waals surface area contributed by atoms with Crippen molar-refractivity contribution in [2.45, 2.75) is 24.6 Å². The van der Waals surface area contributed by atoms with Gasteiger partial charge in [0, 0.05) is 17.5 Å². The van der Waals surface area contributed by atoms with Crippen LogP contribution in [-0.4, -0.2) is 28.0 Å². The second-order valence-electron chi connectivity index (χ2n) is 4.99. The van der Waals surface area contributed by atoms with E-state index in [1.807, 2.05) is 0 Å². The predicted molar refractivity (Wildman–Crippen MR) is 65.6 cm³/mol. The number of benzene rings is 1. The molecule has 0 bridgehead atoms. The van der Waals surface area contributed by atoms with Crippen molar-refractivity contribution >= 4 is 5.91 Å². The van der Waals surface area contributed by atoms with E-state index in [9.17, 15) is 26.7 Å². The molecule has 1 aliphatic rings. The summed E-state index contributed by atoms with van der Waals surface area (Å²) in [7, 11) is 0. The minimum absolute atomic E-state index is 0.0935. The fraction of sp³-hybridized carbons (Fsp3) is 0.308. The van der Waals surface area contributed by atoms with E-state index in [2.05, 4.69) is 20.0 Å². The molecule has 1 aromatic carbocycles. The monoisotopic (exact) mass is 333 g/mol. The summed E-state index contributed by atoms with van der Waals surface area (Å²) in [5.41, 5.74) is 0.286. The number of nitrogens with one attached hydrogen (secondary N) is 1.